The molecule has 0 aliphatic rings. The molecule has 0 fully saturated rings. The third-order valence-corrected chi connectivity index (χ3v) is 4.46. The second-order valence-corrected chi connectivity index (χ2v) is 6.17. The van der Waals surface area contributed by atoms with Gasteiger partial charge < -0.3 is 15.8 Å². The molecule has 0 radical (unpaired) electrons. The van der Waals surface area contributed by atoms with Crippen molar-refractivity contribution in [2.24, 2.45) is 5.73 Å². The van der Waals surface area contributed by atoms with Crippen LogP contribution < -0.4 is 21.1 Å². The van der Waals surface area contributed by atoms with E-state index in [4.69, 9.17) is 22.1 Å². The van der Waals surface area contributed by atoms with E-state index >= 15 is 0 Å². The molecule has 4 N–H and O–H groups in total. The van der Waals surface area contributed by atoms with E-state index < -0.39 is 11.9 Å². The number of nitrogens with two attached hydrogens (primary N) is 1. The Morgan fingerprint density at radius 3 is 2.65 bits per heavy atom. The molecule has 23 heavy (non-hydrogen) atoms. The summed E-state index contributed by atoms with van der Waals surface area (Å²) in [6, 6.07) is 6.04. The Balaban J connectivity index is 2.19. The van der Waals surface area contributed by atoms with Crippen LogP contribution >= 0.6 is 22.9 Å². The Labute approximate surface area is 142 Å². The van der Waals surface area contributed by atoms with Gasteiger partial charge in [0.25, 0.3) is 5.91 Å². The summed E-state index contributed by atoms with van der Waals surface area (Å²) in [5, 5.41) is 6.15. The van der Waals surface area contributed by atoms with Crippen LogP contribution in [-0.4, -0.2) is 19.0 Å². The van der Waals surface area contributed by atoms with E-state index in [0.29, 0.717) is 27.0 Å². The highest BCUT2D eigenvalue weighted by Crippen LogP contribution is 2.30. The van der Waals surface area contributed by atoms with Crippen molar-refractivity contribution in [2.45, 2.75) is 13.3 Å². The maximum Gasteiger partial charge on any atom is 0.324 e. The number of anilines is 2. The van der Waals surface area contributed by atoms with Crippen molar-refractivity contribution in [2.75, 3.05) is 17.7 Å². The lowest BCUT2D eigenvalue weighted by Gasteiger charge is -2.11. The number of halogens is 1. The van der Waals surface area contributed by atoms with Crippen LogP contribution in [0.4, 0.5) is 15.5 Å². The number of methoxy groups -OCH3 is 1. The fourth-order valence-electron chi connectivity index (χ4n) is 1.93. The van der Waals surface area contributed by atoms with E-state index in [1.54, 1.807) is 24.3 Å². The van der Waals surface area contributed by atoms with E-state index in [2.05, 4.69) is 10.6 Å². The summed E-state index contributed by atoms with van der Waals surface area (Å²) >= 11 is 7.23. The fourth-order valence-corrected chi connectivity index (χ4v) is 3.10. The Morgan fingerprint density at radius 1 is 1.30 bits per heavy atom. The Morgan fingerprint density at radius 2 is 2.04 bits per heavy atom. The van der Waals surface area contributed by atoms with Gasteiger partial charge in [0.05, 0.1) is 18.4 Å². The number of nitrogens with one attached hydrogen (secondary N) is 2. The highest BCUT2D eigenvalue weighted by Gasteiger charge is 2.16. The van der Waals surface area contributed by atoms with Gasteiger partial charge in [-0.1, -0.05) is 18.5 Å². The van der Waals surface area contributed by atoms with Gasteiger partial charge in [0.1, 0.15) is 10.8 Å². The average Bonchev–Trinajstić information content (AvgIpc) is 2.90. The van der Waals surface area contributed by atoms with Crippen LogP contribution in [0.2, 0.25) is 5.02 Å². The number of hydrogen-bond acceptors (Lipinski definition) is 4. The van der Waals surface area contributed by atoms with Gasteiger partial charge in [-0.05, 0) is 30.7 Å². The summed E-state index contributed by atoms with van der Waals surface area (Å²) < 4.78 is 5.16. The lowest BCUT2D eigenvalue weighted by molar-refractivity contribution is 0.100. The molecule has 2 rings (SSSR count). The number of amides is 3. The van der Waals surface area contributed by atoms with Crippen molar-refractivity contribution in [1.29, 1.82) is 0 Å². The minimum absolute atomic E-state index is 0.292. The van der Waals surface area contributed by atoms with E-state index in [1.165, 1.54) is 18.4 Å². The van der Waals surface area contributed by atoms with Crippen molar-refractivity contribution in [3.63, 3.8) is 0 Å². The van der Waals surface area contributed by atoms with E-state index in [-0.39, 0.29) is 0 Å². The first kappa shape index (κ1) is 17.1. The first-order valence-corrected chi connectivity index (χ1v) is 7.98. The van der Waals surface area contributed by atoms with Crippen LogP contribution in [0.25, 0.3) is 0 Å². The van der Waals surface area contributed by atoms with E-state index in [1.807, 2.05) is 6.92 Å². The molecule has 1 aromatic carbocycles. The first-order valence-electron chi connectivity index (χ1n) is 6.78. The van der Waals surface area contributed by atoms with Gasteiger partial charge in [0, 0.05) is 9.90 Å². The monoisotopic (exact) mass is 353 g/mol. The molecular weight excluding hydrogens is 338 g/mol. The van der Waals surface area contributed by atoms with Crippen LogP contribution in [0, 0.1) is 0 Å². The number of benzene rings is 1. The summed E-state index contributed by atoms with van der Waals surface area (Å²) in [5.74, 6) is -0.114. The highest BCUT2D eigenvalue weighted by molar-refractivity contribution is 7.16. The smallest absolute Gasteiger partial charge is 0.324 e. The molecule has 1 heterocycles. The fraction of sp³-hybridized carbons (Fsp3) is 0.200. The summed E-state index contributed by atoms with van der Waals surface area (Å²) in [7, 11) is 1.49. The molecule has 0 bridgehead atoms. The maximum atomic E-state index is 12.2. The standard InChI is InChI=1S/C15H16ClN3O3S/c1-3-9-7-10(13(17)20)14(23-9)19-15(21)18-11-6-8(16)4-5-12(11)22-2/h4-7H,3H2,1-2H3,(H2,17,20)(H2,18,19,21). The molecule has 6 nitrogen and oxygen atoms in total. The maximum absolute atomic E-state index is 12.2. The van der Waals surface area contributed by atoms with Crippen LogP contribution in [-0.2, 0) is 6.42 Å². The van der Waals surface area contributed by atoms with Crippen molar-refractivity contribution in [3.8, 4) is 5.75 Å². The molecular formula is C15H16ClN3O3S. The molecule has 0 saturated carbocycles. The summed E-state index contributed by atoms with van der Waals surface area (Å²) in [5.41, 5.74) is 6.05. The van der Waals surface area contributed by atoms with Crippen LogP contribution in [0.15, 0.2) is 24.3 Å². The largest absolute Gasteiger partial charge is 0.495 e. The lowest BCUT2D eigenvalue weighted by Crippen LogP contribution is -2.21. The van der Waals surface area contributed by atoms with Crippen LogP contribution in [0.3, 0.4) is 0 Å². The van der Waals surface area contributed by atoms with Gasteiger partial charge in [-0.2, -0.15) is 0 Å². The third-order valence-electron chi connectivity index (χ3n) is 3.03. The zero-order valence-corrected chi connectivity index (χ0v) is 14.2. The summed E-state index contributed by atoms with van der Waals surface area (Å²) in [6.07, 6.45) is 0.746. The molecule has 3 amide bonds. The number of carbonyl (C=O) groups is 2. The predicted octanol–water partition coefficient (Wildman–Crippen LogP) is 3.72. The minimum Gasteiger partial charge on any atom is -0.495 e. The van der Waals surface area contributed by atoms with Gasteiger partial charge in [0.2, 0.25) is 0 Å². The quantitative estimate of drug-likeness (QED) is 0.764. The van der Waals surface area contributed by atoms with Crippen molar-refractivity contribution < 1.29 is 14.3 Å². The Kier molecular flexibility index (Phi) is 5.46. The van der Waals surface area contributed by atoms with Crippen LogP contribution in [0.1, 0.15) is 22.2 Å². The highest BCUT2D eigenvalue weighted by atomic mass is 35.5. The second-order valence-electron chi connectivity index (χ2n) is 4.60. The number of primary amides is 1. The zero-order valence-electron chi connectivity index (χ0n) is 12.6. The van der Waals surface area contributed by atoms with Gasteiger partial charge in [0.15, 0.2) is 0 Å². The topological polar surface area (TPSA) is 93.5 Å². The van der Waals surface area contributed by atoms with E-state index in [0.717, 1.165) is 11.3 Å². The molecule has 0 unspecified atom stereocenters. The first-order chi connectivity index (χ1) is 10.9. The molecule has 0 atom stereocenters. The SMILES string of the molecule is CCc1cc(C(N)=O)c(NC(=O)Nc2cc(Cl)ccc2OC)s1. The van der Waals surface area contributed by atoms with Crippen molar-refractivity contribution >= 4 is 45.6 Å². The number of ether oxygens (including phenoxy) is 1. The Hall–Kier alpha value is -2.25. The average molecular weight is 354 g/mol. The van der Waals surface area contributed by atoms with Gasteiger partial charge in [-0.3, -0.25) is 10.1 Å². The number of thiophene rings is 1. The molecule has 0 saturated heterocycles. The normalized spacial score (nSPS) is 10.2. The third kappa shape index (κ3) is 4.14. The Bertz CT molecular complexity index is 746. The summed E-state index contributed by atoms with van der Waals surface area (Å²) in [6.45, 7) is 1.96. The molecule has 2 aromatic rings. The van der Waals surface area contributed by atoms with Gasteiger partial charge >= 0.3 is 6.03 Å². The number of rotatable bonds is 5. The molecule has 0 aliphatic heterocycles. The number of aryl methyl sites for hydroxylation is 1. The number of urea groups is 1. The second kappa shape index (κ2) is 7.34. The zero-order chi connectivity index (χ0) is 17.0. The molecule has 0 aliphatic carbocycles. The van der Waals surface area contributed by atoms with Crippen LogP contribution in [0.5, 0.6) is 5.75 Å². The van der Waals surface area contributed by atoms with Crippen molar-refractivity contribution in [3.05, 3.63) is 39.7 Å². The minimum atomic E-state index is -0.586. The van der Waals surface area contributed by atoms with Gasteiger partial charge in [-0.25, -0.2) is 4.79 Å². The lowest BCUT2D eigenvalue weighted by atomic mass is 10.2. The van der Waals surface area contributed by atoms with Gasteiger partial charge in [-0.15, -0.1) is 11.3 Å². The van der Waals surface area contributed by atoms with E-state index in [9.17, 15) is 9.59 Å². The number of carbonyl (C=O) groups excluding carboxylic acids is 2. The van der Waals surface area contributed by atoms with Crippen molar-refractivity contribution in [1.82, 2.24) is 0 Å². The summed E-state index contributed by atoms with van der Waals surface area (Å²) in [4.78, 5) is 24.6. The predicted molar refractivity (Wildman–Crippen MR) is 92.9 cm³/mol. The molecule has 8 heteroatoms. The molecule has 122 valence electrons. The molecule has 0 spiro atoms. The number of hydrogen-bond donors (Lipinski definition) is 3. The molecule has 1 aromatic heterocycles.